The average molecular weight is 548 g/mol. The van der Waals surface area contributed by atoms with E-state index in [4.69, 9.17) is 0 Å². The molecule has 2 aromatic rings. The third-order valence-electron chi connectivity index (χ3n) is 6.30. The number of rotatable bonds is 7. The van der Waals surface area contributed by atoms with Gasteiger partial charge in [0.1, 0.15) is 17.5 Å². The molecule has 1 aliphatic carbocycles. The molecule has 8 nitrogen and oxygen atoms in total. The molecule has 10 heteroatoms. The second kappa shape index (κ2) is 9.87. The minimum absolute atomic E-state index is 0.0425. The van der Waals surface area contributed by atoms with E-state index in [2.05, 4.69) is 21.2 Å². The van der Waals surface area contributed by atoms with E-state index in [-0.39, 0.29) is 29.0 Å². The van der Waals surface area contributed by atoms with Gasteiger partial charge in [-0.05, 0) is 49.6 Å². The number of halogens is 1. The number of carbonyl (C=O) groups is 3. The van der Waals surface area contributed by atoms with E-state index in [1.165, 1.54) is 23.1 Å². The monoisotopic (exact) mass is 547 g/mol. The highest BCUT2D eigenvalue weighted by Crippen LogP contribution is 2.30. The molecule has 0 bridgehead atoms. The number of carbonyl (C=O) groups excluding carboxylic acids is 3. The molecular formula is C24H26BrN3O5S. The average Bonchev–Trinajstić information content (AvgIpc) is 3.38. The van der Waals surface area contributed by atoms with Crippen molar-refractivity contribution < 1.29 is 22.8 Å². The predicted octanol–water partition coefficient (Wildman–Crippen LogP) is 3.07. The van der Waals surface area contributed by atoms with E-state index in [0.29, 0.717) is 4.31 Å². The van der Waals surface area contributed by atoms with Gasteiger partial charge in [-0.1, -0.05) is 53.0 Å². The smallest absolute Gasteiger partial charge is 0.269 e. The Bertz CT molecular complexity index is 1230. The summed E-state index contributed by atoms with van der Waals surface area (Å²) in [6, 6.07) is 12.4. The number of nitrogens with one attached hydrogen (secondary N) is 1. The number of benzene rings is 2. The summed E-state index contributed by atoms with van der Waals surface area (Å²) >= 11 is 3.41. The molecule has 2 aliphatic rings. The van der Waals surface area contributed by atoms with Gasteiger partial charge >= 0.3 is 0 Å². The Kier molecular flexibility index (Phi) is 7.09. The second-order valence-electron chi connectivity index (χ2n) is 8.63. The zero-order valence-electron chi connectivity index (χ0n) is 18.7. The van der Waals surface area contributed by atoms with Crippen molar-refractivity contribution in [2.24, 2.45) is 0 Å². The van der Waals surface area contributed by atoms with Gasteiger partial charge in [-0.15, -0.1) is 0 Å². The van der Waals surface area contributed by atoms with E-state index in [1.807, 2.05) is 24.3 Å². The molecule has 180 valence electrons. The van der Waals surface area contributed by atoms with Gasteiger partial charge in [0.2, 0.25) is 11.8 Å². The molecule has 0 radical (unpaired) electrons. The summed E-state index contributed by atoms with van der Waals surface area (Å²) < 4.78 is 27.3. The lowest BCUT2D eigenvalue weighted by Gasteiger charge is -2.31. The van der Waals surface area contributed by atoms with Gasteiger partial charge in [-0.2, -0.15) is 0 Å². The van der Waals surface area contributed by atoms with Crippen LogP contribution in [0, 0.1) is 0 Å². The quantitative estimate of drug-likeness (QED) is 0.573. The van der Waals surface area contributed by atoms with Gasteiger partial charge in [0.15, 0.2) is 0 Å². The molecule has 4 rings (SSSR count). The summed E-state index contributed by atoms with van der Waals surface area (Å²) in [5.41, 5.74) is 0.808. The van der Waals surface area contributed by atoms with Gasteiger partial charge in [0, 0.05) is 17.1 Å². The Balaban J connectivity index is 1.58. The zero-order chi connectivity index (χ0) is 24.5. The van der Waals surface area contributed by atoms with E-state index in [0.717, 1.165) is 35.7 Å². The van der Waals surface area contributed by atoms with Crippen LogP contribution >= 0.6 is 15.9 Å². The molecule has 0 saturated heterocycles. The van der Waals surface area contributed by atoms with Crippen LogP contribution in [0.3, 0.4) is 0 Å². The van der Waals surface area contributed by atoms with Crippen molar-refractivity contribution in [1.29, 1.82) is 0 Å². The molecule has 1 fully saturated rings. The highest BCUT2D eigenvalue weighted by Gasteiger charge is 2.43. The first-order valence-electron chi connectivity index (χ1n) is 11.2. The van der Waals surface area contributed by atoms with Crippen molar-refractivity contribution >= 4 is 43.7 Å². The van der Waals surface area contributed by atoms with E-state index in [1.54, 1.807) is 13.0 Å². The fourth-order valence-corrected chi connectivity index (χ4v) is 6.37. The first kappa shape index (κ1) is 24.4. The lowest BCUT2D eigenvalue weighted by Crippen LogP contribution is -2.52. The Morgan fingerprint density at radius 1 is 1.15 bits per heavy atom. The minimum Gasteiger partial charge on any atom is -0.352 e. The fourth-order valence-electron chi connectivity index (χ4n) is 4.41. The maximum absolute atomic E-state index is 13.4. The molecule has 1 N–H and O–H groups in total. The molecule has 3 amide bonds. The number of fused-ring (bicyclic) bond motifs is 1. The van der Waals surface area contributed by atoms with Crippen LogP contribution in [0.15, 0.2) is 57.9 Å². The van der Waals surface area contributed by atoms with Crippen LogP contribution in [0.5, 0.6) is 0 Å². The topological polar surface area (TPSA) is 104 Å². The molecule has 1 heterocycles. The zero-order valence-corrected chi connectivity index (χ0v) is 21.1. The molecule has 34 heavy (non-hydrogen) atoms. The lowest BCUT2D eigenvalue weighted by molar-refractivity contribution is -0.140. The Hall–Kier alpha value is -2.72. The fraction of sp³-hybridized carbons (Fsp3) is 0.375. The van der Waals surface area contributed by atoms with Gasteiger partial charge in [-0.25, -0.2) is 12.7 Å². The normalized spacial score (nSPS) is 17.9. The van der Waals surface area contributed by atoms with Gasteiger partial charge in [-0.3, -0.25) is 14.4 Å². The van der Waals surface area contributed by atoms with Crippen LogP contribution in [-0.2, 0) is 26.2 Å². The van der Waals surface area contributed by atoms with Crippen LogP contribution in [0.1, 0.15) is 48.5 Å². The first-order chi connectivity index (χ1) is 16.2. The summed E-state index contributed by atoms with van der Waals surface area (Å²) in [7, 11) is -4.14. The number of amides is 3. The molecule has 1 aliphatic heterocycles. The SMILES string of the molecule is C[C@H](C(=O)NC1CCCC1)N(Cc1cccc(Br)c1)C(=O)CN1C(=O)c2ccccc2S1(=O)=O. The van der Waals surface area contributed by atoms with Crippen LogP contribution in [0.25, 0.3) is 0 Å². The number of hydrogen-bond donors (Lipinski definition) is 1. The van der Waals surface area contributed by atoms with Crippen molar-refractivity contribution in [2.75, 3.05) is 6.54 Å². The van der Waals surface area contributed by atoms with Crippen LogP contribution in [0.2, 0.25) is 0 Å². The molecule has 0 aromatic heterocycles. The molecule has 1 saturated carbocycles. The Morgan fingerprint density at radius 3 is 2.53 bits per heavy atom. The van der Waals surface area contributed by atoms with Crippen LogP contribution in [0.4, 0.5) is 0 Å². The van der Waals surface area contributed by atoms with E-state index >= 15 is 0 Å². The maximum atomic E-state index is 13.4. The Morgan fingerprint density at radius 2 is 1.85 bits per heavy atom. The van der Waals surface area contributed by atoms with Crippen molar-refractivity contribution in [3.05, 3.63) is 64.1 Å². The summed E-state index contributed by atoms with van der Waals surface area (Å²) in [6.45, 7) is 1.03. The highest BCUT2D eigenvalue weighted by molar-refractivity contribution is 9.10. The third kappa shape index (κ3) is 4.88. The number of hydrogen-bond acceptors (Lipinski definition) is 5. The van der Waals surface area contributed by atoms with Crippen LogP contribution in [-0.4, -0.2) is 54.0 Å². The van der Waals surface area contributed by atoms with Crippen molar-refractivity contribution in [1.82, 2.24) is 14.5 Å². The first-order valence-corrected chi connectivity index (χ1v) is 13.4. The van der Waals surface area contributed by atoms with Gasteiger partial charge < -0.3 is 10.2 Å². The Labute approximate surface area is 207 Å². The molecule has 1 atom stereocenters. The van der Waals surface area contributed by atoms with Crippen molar-refractivity contribution in [2.45, 2.75) is 56.1 Å². The predicted molar refractivity (Wildman–Crippen MR) is 129 cm³/mol. The lowest BCUT2D eigenvalue weighted by atomic mass is 10.1. The highest BCUT2D eigenvalue weighted by atomic mass is 79.9. The van der Waals surface area contributed by atoms with Gasteiger partial charge in [0.25, 0.3) is 15.9 Å². The second-order valence-corrected chi connectivity index (χ2v) is 11.4. The standard InChI is InChI=1S/C24H26BrN3O5S/c1-16(23(30)26-19-9-2-3-10-19)27(14-17-7-6-8-18(25)13-17)22(29)15-28-24(31)20-11-4-5-12-21(20)34(28,32)33/h4-8,11-13,16,19H,2-3,9-10,14-15H2,1H3,(H,26,30)/t16-/m1/s1. The minimum atomic E-state index is -4.14. The molecule has 0 unspecified atom stereocenters. The molecule has 0 spiro atoms. The largest absolute Gasteiger partial charge is 0.352 e. The van der Waals surface area contributed by atoms with Crippen LogP contribution < -0.4 is 5.32 Å². The molecule has 2 aromatic carbocycles. The number of nitrogens with zero attached hydrogens (tertiary/aromatic N) is 2. The maximum Gasteiger partial charge on any atom is 0.269 e. The molecular weight excluding hydrogens is 522 g/mol. The summed E-state index contributed by atoms with van der Waals surface area (Å²) in [5.74, 6) is -1.66. The summed E-state index contributed by atoms with van der Waals surface area (Å²) in [4.78, 5) is 40.4. The summed E-state index contributed by atoms with van der Waals surface area (Å²) in [6.07, 6.45) is 3.90. The third-order valence-corrected chi connectivity index (χ3v) is 8.58. The summed E-state index contributed by atoms with van der Waals surface area (Å²) in [5, 5.41) is 3.00. The number of sulfonamides is 1. The van der Waals surface area contributed by atoms with E-state index in [9.17, 15) is 22.8 Å². The van der Waals surface area contributed by atoms with Gasteiger partial charge in [0.05, 0.1) is 5.56 Å². The van der Waals surface area contributed by atoms with E-state index < -0.39 is 34.4 Å². The van der Waals surface area contributed by atoms with Crippen molar-refractivity contribution in [3.63, 3.8) is 0 Å². The van der Waals surface area contributed by atoms with Crippen molar-refractivity contribution in [3.8, 4) is 0 Å².